The van der Waals surface area contributed by atoms with Crippen molar-refractivity contribution < 1.29 is 24.5 Å². The van der Waals surface area contributed by atoms with Gasteiger partial charge in [-0.05, 0) is 16.7 Å². The molecule has 1 aromatic rings. The predicted molar refractivity (Wildman–Crippen MR) is 75.2 cm³/mol. The van der Waals surface area contributed by atoms with Crippen LogP contribution in [0.15, 0.2) is 47.1 Å². The van der Waals surface area contributed by atoms with Gasteiger partial charge >= 0.3 is 5.97 Å². The van der Waals surface area contributed by atoms with Gasteiger partial charge in [-0.15, -0.1) is 0 Å². The lowest BCUT2D eigenvalue weighted by Crippen LogP contribution is -2.23. The fourth-order valence-electron chi connectivity index (χ4n) is 3.02. The first-order valence-corrected chi connectivity index (χ1v) is 6.69. The maximum atomic E-state index is 12.1. The third-order valence-electron chi connectivity index (χ3n) is 3.96. The third-order valence-corrected chi connectivity index (χ3v) is 3.96. The monoisotopic (exact) mass is 288 g/mol. The molecule has 0 saturated carbocycles. The number of aliphatic hydroxyl groups is 2. The van der Waals surface area contributed by atoms with Gasteiger partial charge in [-0.1, -0.05) is 30.3 Å². The van der Waals surface area contributed by atoms with E-state index in [4.69, 9.17) is 9.47 Å². The lowest BCUT2D eigenvalue weighted by atomic mass is 9.83. The highest BCUT2D eigenvalue weighted by atomic mass is 16.5. The first kappa shape index (κ1) is 14.0. The van der Waals surface area contributed by atoms with Crippen LogP contribution in [0.2, 0.25) is 0 Å². The molecule has 0 aliphatic carbocycles. The maximum absolute atomic E-state index is 12.1. The fourth-order valence-corrected chi connectivity index (χ4v) is 3.02. The van der Waals surface area contributed by atoms with Crippen molar-refractivity contribution in [3.63, 3.8) is 0 Å². The molecule has 21 heavy (non-hydrogen) atoms. The average molecular weight is 288 g/mol. The summed E-state index contributed by atoms with van der Waals surface area (Å²) >= 11 is 0. The van der Waals surface area contributed by atoms with Crippen molar-refractivity contribution in [2.45, 2.75) is 12.2 Å². The molecule has 2 atom stereocenters. The summed E-state index contributed by atoms with van der Waals surface area (Å²) in [5, 5.41) is 19.0. The number of hydrogen-bond acceptors (Lipinski definition) is 5. The van der Waals surface area contributed by atoms with Crippen LogP contribution in [-0.4, -0.2) is 48.7 Å². The molecule has 2 aliphatic heterocycles. The van der Waals surface area contributed by atoms with Gasteiger partial charge in [-0.2, -0.15) is 0 Å². The molecule has 2 heterocycles. The second-order valence-corrected chi connectivity index (χ2v) is 4.95. The Balaban J connectivity index is 2.14. The van der Waals surface area contributed by atoms with Gasteiger partial charge in [0.25, 0.3) is 0 Å². The minimum Gasteiger partial charge on any atom is -0.466 e. The number of carbonyl (C=O) groups is 1. The number of rotatable bonds is 4. The van der Waals surface area contributed by atoms with Crippen LogP contribution in [0.1, 0.15) is 5.56 Å². The van der Waals surface area contributed by atoms with E-state index in [1.165, 1.54) is 7.11 Å². The molecular formula is C16H16O5. The highest BCUT2D eigenvalue weighted by molar-refractivity contribution is 6.03. The number of aliphatic hydroxyl groups excluding tert-OH is 2. The molecule has 0 amide bonds. The van der Waals surface area contributed by atoms with E-state index in [1.807, 2.05) is 30.3 Å². The summed E-state index contributed by atoms with van der Waals surface area (Å²) in [7, 11) is 1.32. The number of carbonyl (C=O) groups excluding carboxylic acids is 1. The minimum absolute atomic E-state index is 0.207. The van der Waals surface area contributed by atoms with Crippen LogP contribution >= 0.6 is 0 Å². The van der Waals surface area contributed by atoms with Gasteiger partial charge in [0.1, 0.15) is 12.2 Å². The Labute approximate surface area is 122 Å². The molecule has 0 aromatic heterocycles. The van der Waals surface area contributed by atoms with Crippen molar-refractivity contribution >= 4 is 11.5 Å². The summed E-state index contributed by atoms with van der Waals surface area (Å²) in [6.45, 7) is -0.457. The van der Waals surface area contributed by atoms with Crippen LogP contribution < -0.4 is 0 Å². The minimum atomic E-state index is -0.634. The number of ether oxygens (including phenoxy) is 2. The second kappa shape index (κ2) is 5.44. The molecule has 110 valence electrons. The quantitative estimate of drug-likeness (QED) is 0.629. The van der Waals surface area contributed by atoms with E-state index >= 15 is 0 Å². The van der Waals surface area contributed by atoms with Gasteiger partial charge in [-0.25, -0.2) is 4.79 Å². The summed E-state index contributed by atoms with van der Waals surface area (Å²) in [5.41, 5.74) is 3.17. The summed E-state index contributed by atoms with van der Waals surface area (Å²) in [5.74, 6) is -0.468. The third kappa shape index (κ3) is 2.01. The summed E-state index contributed by atoms with van der Waals surface area (Å²) in [4.78, 5) is 12.1. The molecule has 3 rings (SSSR count). The van der Waals surface area contributed by atoms with E-state index in [0.29, 0.717) is 22.3 Å². The van der Waals surface area contributed by atoms with E-state index < -0.39 is 18.2 Å². The number of benzene rings is 1. The molecule has 2 bridgehead atoms. The first-order chi connectivity index (χ1) is 10.2. The Morgan fingerprint density at radius 1 is 1.14 bits per heavy atom. The van der Waals surface area contributed by atoms with Crippen LogP contribution in [0.3, 0.4) is 0 Å². The van der Waals surface area contributed by atoms with Gasteiger partial charge in [0.2, 0.25) is 0 Å². The van der Waals surface area contributed by atoms with Gasteiger partial charge in [0, 0.05) is 5.57 Å². The zero-order chi connectivity index (χ0) is 15.0. The molecule has 0 spiro atoms. The Morgan fingerprint density at radius 2 is 1.76 bits per heavy atom. The number of methoxy groups -OCH3 is 1. The van der Waals surface area contributed by atoms with Crippen LogP contribution in [0.5, 0.6) is 0 Å². The molecule has 0 radical (unpaired) electrons. The van der Waals surface area contributed by atoms with E-state index in [1.54, 1.807) is 0 Å². The Kier molecular flexibility index (Phi) is 3.63. The van der Waals surface area contributed by atoms with Crippen LogP contribution in [0.25, 0.3) is 5.57 Å². The van der Waals surface area contributed by atoms with Crippen molar-refractivity contribution in [2.75, 3.05) is 20.3 Å². The molecule has 5 heteroatoms. The zero-order valence-electron chi connectivity index (χ0n) is 11.6. The van der Waals surface area contributed by atoms with Crippen molar-refractivity contribution in [3.8, 4) is 0 Å². The van der Waals surface area contributed by atoms with Gasteiger partial charge in [-0.3, -0.25) is 0 Å². The SMILES string of the molecule is COC(=O)C1=C(c2ccccc2)C2OC1C(CO)=C2CO. The Bertz CT molecular complexity index is 629. The summed E-state index contributed by atoms with van der Waals surface area (Å²) < 4.78 is 10.7. The molecule has 1 aromatic carbocycles. The van der Waals surface area contributed by atoms with Crippen molar-refractivity contribution in [1.29, 1.82) is 0 Å². The zero-order valence-corrected chi connectivity index (χ0v) is 11.6. The predicted octanol–water partition coefficient (Wildman–Crippen LogP) is 0.675. The van der Waals surface area contributed by atoms with E-state index in [-0.39, 0.29) is 13.2 Å². The van der Waals surface area contributed by atoms with Crippen LogP contribution in [0, 0.1) is 0 Å². The van der Waals surface area contributed by atoms with E-state index in [2.05, 4.69) is 0 Å². The molecule has 5 nitrogen and oxygen atoms in total. The molecule has 0 fully saturated rings. The second-order valence-electron chi connectivity index (χ2n) is 4.95. The number of esters is 1. The standard InChI is InChI=1S/C16H16O5/c1-20-16(19)13-12(9-5-3-2-4-6-9)14-10(7-17)11(8-18)15(13)21-14/h2-6,14-15,17-18H,7-8H2,1H3. The van der Waals surface area contributed by atoms with E-state index in [0.717, 1.165) is 5.56 Å². The smallest absolute Gasteiger partial charge is 0.337 e. The molecule has 2 aliphatic rings. The molecule has 2 N–H and O–H groups in total. The Hall–Kier alpha value is -1.95. The van der Waals surface area contributed by atoms with Crippen molar-refractivity contribution in [3.05, 3.63) is 52.6 Å². The maximum Gasteiger partial charge on any atom is 0.337 e. The normalized spacial score (nSPS) is 24.0. The highest BCUT2D eigenvalue weighted by Gasteiger charge is 2.48. The van der Waals surface area contributed by atoms with Gasteiger partial charge < -0.3 is 19.7 Å². The lowest BCUT2D eigenvalue weighted by molar-refractivity contribution is -0.136. The van der Waals surface area contributed by atoms with E-state index in [9.17, 15) is 15.0 Å². The number of fused-ring (bicyclic) bond motifs is 2. The molecular weight excluding hydrogens is 272 g/mol. The van der Waals surface area contributed by atoms with Gasteiger partial charge in [0.15, 0.2) is 0 Å². The van der Waals surface area contributed by atoms with Crippen LogP contribution in [-0.2, 0) is 14.3 Å². The largest absolute Gasteiger partial charge is 0.466 e. The fraction of sp³-hybridized carbons (Fsp3) is 0.312. The topological polar surface area (TPSA) is 76.0 Å². The van der Waals surface area contributed by atoms with Gasteiger partial charge in [0.05, 0.1) is 25.9 Å². The number of hydrogen-bond donors (Lipinski definition) is 2. The van der Waals surface area contributed by atoms with Crippen LogP contribution in [0.4, 0.5) is 0 Å². The molecule has 0 saturated heterocycles. The lowest BCUT2D eigenvalue weighted by Gasteiger charge is -2.20. The Morgan fingerprint density at radius 3 is 2.33 bits per heavy atom. The van der Waals surface area contributed by atoms with Crippen molar-refractivity contribution in [1.82, 2.24) is 0 Å². The summed E-state index contributed by atoms with van der Waals surface area (Å²) in [6, 6.07) is 9.40. The summed E-state index contributed by atoms with van der Waals surface area (Å²) in [6.07, 6.45) is -1.14. The highest BCUT2D eigenvalue weighted by Crippen LogP contribution is 2.47. The molecule has 2 unspecified atom stereocenters. The first-order valence-electron chi connectivity index (χ1n) is 6.69. The van der Waals surface area contributed by atoms with Crippen molar-refractivity contribution in [2.24, 2.45) is 0 Å². The average Bonchev–Trinajstić information content (AvgIpc) is 3.09.